The molecule has 0 saturated heterocycles. The van der Waals surface area contributed by atoms with Crippen LogP contribution in [0, 0.1) is 0 Å². The molecule has 0 aliphatic heterocycles. The van der Waals surface area contributed by atoms with E-state index in [1.54, 1.807) is 0 Å². The Bertz CT molecular complexity index is 347. The maximum Gasteiger partial charge on any atom is 0.216 e. The number of hydrogen-bond donors (Lipinski definition) is 0. The summed E-state index contributed by atoms with van der Waals surface area (Å²) >= 11 is 0. The highest BCUT2D eigenvalue weighted by Crippen LogP contribution is 2.37. The van der Waals surface area contributed by atoms with Crippen LogP contribution >= 0.6 is 0 Å². The van der Waals surface area contributed by atoms with Crippen molar-refractivity contribution in [1.82, 2.24) is 0 Å². The van der Waals surface area contributed by atoms with E-state index in [2.05, 4.69) is 80.8 Å². The van der Waals surface area contributed by atoms with E-state index in [-0.39, 0.29) is 10.4 Å². The average Bonchev–Trinajstić information content (AvgIpc) is 2.25. The van der Waals surface area contributed by atoms with Gasteiger partial charge in [-0.3, -0.25) is 0 Å². The van der Waals surface area contributed by atoms with E-state index in [4.69, 9.17) is 8.85 Å². The molecule has 0 radical (unpaired) electrons. The Morgan fingerprint density at radius 1 is 0.667 bits per heavy atom. The summed E-state index contributed by atoms with van der Waals surface area (Å²) in [4.78, 5) is 0. The molecule has 0 bridgehead atoms. The van der Waals surface area contributed by atoms with Gasteiger partial charge in [-0.1, -0.05) is 33.0 Å². The quantitative estimate of drug-likeness (QED) is 0.515. The minimum absolute atomic E-state index is 0.00395. The third-order valence-electron chi connectivity index (χ3n) is 5.86. The zero-order valence-corrected chi connectivity index (χ0v) is 19.7. The third kappa shape index (κ3) is 5.30. The lowest BCUT2D eigenvalue weighted by atomic mass is 10.5. The van der Waals surface area contributed by atoms with E-state index >= 15 is 0 Å². The molecule has 0 unspecified atom stereocenters. The fraction of sp³-hybridized carbons (Fsp3) is 1.00. The average molecular weight is 349 g/mol. The van der Waals surface area contributed by atoms with Crippen LogP contribution in [0.2, 0.25) is 51.4 Å². The van der Waals surface area contributed by atoms with Crippen molar-refractivity contribution in [2.75, 3.05) is 0 Å². The van der Waals surface area contributed by atoms with Crippen LogP contribution in [0.25, 0.3) is 0 Å². The van der Waals surface area contributed by atoms with Gasteiger partial charge in [0.15, 0.2) is 8.32 Å². The van der Waals surface area contributed by atoms with Crippen molar-refractivity contribution in [3.63, 3.8) is 0 Å². The fourth-order valence-corrected chi connectivity index (χ4v) is 9.79. The Labute approximate surface area is 137 Å². The first-order valence-electron chi connectivity index (χ1n) is 8.44. The molecule has 0 aromatic heterocycles. The molecule has 0 N–H and O–H groups in total. The third-order valence-corrected chi connectivity index (χ3v) is 18.2. The summed E-state index contributed by atoms with van der Waals surface area (Å²) < 4.78 is 13.5. The van der Waals surface area contributed by atoms with Gasteiger partial charge in [-0.05, 0) is 59.9 Å². The predicted octanol–water partition coefficient (Wildman–Crippen LogP) is 5.81. The molecule has 0 saturated carbocycles. The van der Waals surface area contributed by atoms with Crippen molar-refractivity contribution in [2.45, 2.75) is 103 Å². The van der Waals surface area contributed by atoms with Gasteiger partial charge in [0, 0.05) is 5.22 Å². The van der Waals surface area contributed by atoms with Crippen LogP contribution in [-0.2, 0) is 8.85 Å². The summed E-state index contributed by atoms with van der Waals surface area (Å²) in [6.45, 7) is 27.8. The predicted molar refractivity (Wildman–Crippen MR) is 104 cm³/mol. The molecule has 0 aromatic rings. The maximum absolute atomic E-state index is 6.83. The molecular weight excluding hydrogens is 308 g/mol. The van der Waals surface area contributed by atoms with Crippen molar-refractivity contribution in [2.24, 2.45) is 0 Å². The molecule has 2 nitrogen and oxygen atoms in total. The first-order chi connectivity index (χ1) is 9.04. The monoisotopic (exact) mass is 348 g/mol. The Morgan fingerprint density at radius 2 is 1.10 bits per heavy atom. The van der Waals surface area contributed by atoms with E-state index in [9.17, 15) is 0 Å². The van der Waals surface area contributed by atoms with Gasteiger partial charge in [-0.2, -0.15) is 0 Å². The topological polar surface area (TPSA) is 18.5 Å². The van der Waals surface area contributed by atoms with Gasteiger partial charge >= 0.3 is 0 Å². The molecule has 0 spiro atoms. The minimum Gasteiger partial charge on any atom is -0.412 e. The largest absolute Gasteiger partial charge is 0.412 e. The van der Waals surface area contributed by atoms with Gasteiger partial charge in [0.2, 0.25) is 8.32 Å². The molecule has 0 heterocycles. The van der Waals surface area contributed by atoms with Crippen LogP contribution in [0.15, 0.2) is 0 Å². The van der Waals surface area contributed by atoms with E-state index in [0.29, 0.717) is 0 Å². The second-order valence-electron chi connectivity index (χ2n) is 9.09. The van der Waals surface area contributed by atoms with Crippen molar-refractivity contribution >= 4 is 24.7 Å². The molecule has 0 aromatic carbocycles. The molecule has 21 heavy (non-hydrogen) atoms. The second kappa shape index (κ2) is 6.59. The number of rotatable bonds is 8. The van der Waals surface area contributed by atoms with Gasteiger partial charge in [-0.15, -0.1) is 0 Å². The lowest BCUT2D eigenvalue weighted by molar-refractivity contribution is 0.0987. The molecule has 0 atom stereocenters. The summed E-state index contributed by atoms with van der Waals surface area (Å²) in [7, 11) is -4.95. The Kier molecular flexibility index (Phi) is 6.77. The van der Waals surface area contributed by atoms with E-state index in [1.165, 1.54) is 6.04 Å². The highest BCUT2D eigenvalue weighted by atomic mass is 28.4. The van der Waals surface area contributed by atoms with Crippen LogP contribution in [0.4, 0.5) is 0 Å². The molecule has 0 amide bonds. The first-order valence-corrected chi connectivity index (χ1v) is 17.7. The van der Waals surface area contributed by atoms with Crippen LogP contribution in [0.5, 0.6) is 0 Å². The molecule has 0 fully saturated rings. The summed E-state index contributed by atoms with van der Waals surface area (Å²) in [6, 6.07) is 2.40. The molecular formula is C16H40O2Si3. The Hall–Kier alpha value is 0.571. The summed E-state index contributed by atoms with van der Waals surface area (Å²) in [5, 5.41) is -0.149. The van der Waals surface area contributed by atoms with Crippen molar-refractivity contribution in [3.05, 3.63) is 0 Å². The van der Waals surface area contributed by atoms with Crippen molar-refractivity contribution < 1.29 is 8.85 Å². The van der Waals surface area contributed by atoms with E-state index < -0.39 is 24.7 Å². The normalized spacial score (nSPS) is 15.4. The molecule has 0 aliphatic rings. The van der Waals surface area contributed by atoms with Crippen LogP contribution < -0.4 is 0 Å². The van der Waals surface area contributed by atoms with Crippen LogP contribution in [0.1, 0.15) is 41.5 Å². The van der Waals surface area contributed by atoms with Crippen molar-refractivity contribution in [3.8, 4) is 0 Å². The fourth-order valence-electron chi connectivity index (χ4n) is 2.21. The highest BCUT2D eigenvalue weighted by Gasteiger charge is 2.51. The SMILES string of the molecule is CC[Si](C)(C)OC(C)(C)[Si](C)(C)OC(C)(C)[Si](C)(C)CC. The number of hydrogen-bond acceptors (Lipinski definition) is 2. The zero-order chi connectivity index (χ0) is 17.3. The Balaban J connectivity index is 5.30. The maximum atomic E-state index is 6.83. The van der Waals surface area contributed by atoms with Crippen LogP contribution in [-0.4, -0.2) is 35.2 Å². The van der Waals surface area contributed by atoms with Gasteiger partial charge < -0.3 is 8.85 Å². The van der Waals surface area contributed by atoms with Crippen molar-refractivity contribution in [1.29, 1.82) is 0 Å². The van der Waals surface area contributed by atoms with E-state index in [0.717, 1.165) is 6.04 Å². The molecule has 5 heteroatoms. The summed E-state index contributed by atoms with van der Waals surface area (Å²) in [6.07, 6.45) is 0. The van der Waals surface area contributed by atoms with Gasteiger partial charge in [-0.25, -0.2) is 0 Å². The zero-order valence-electron chi connectivity index (χ0n) is 16.7. The van der Waals surface area contributed by atoms with E-state index in [1.807, 2.05) is 0 Å². The van der Waals surface area contributed by atoms with Crippen LogP contribution in [0.3, 0.4) is 0 Å². The summed E-state index contributed by atoms with van der Waals surface area (Å²) in [5.41, 5.74) is 0. The standard InChI is InChI=1S/C16H40O2Si3/c1-13-19(7,8)15(3,4)18-21(11,12)16(5,6)17-20(9,10)14-2/h13-14H2,1-12H3. The van der Waals surface area contributed by atoms with Gasteiger partial charge in [0.05, 0.1) is 13.3 Å². The Morgan fingerprint density at radius 3 is 1.43 bits per heavy atom. The smallest absolute Gasteiger partial charge is 0.216 e. The molecule has 0 aliphatic carbocycles. The lowest BCUT2D eigenvalue weighted by Crippen LogP contribution is -2.65. The molecule has 0 rings (SSSR count). The van der Waals surface area contributed by atoms with Gasteiger partial charge in [0.25, 0.3) is 0 Å². The highest BCUT2D eigenvalue weighted by molar-refractivity contribution is 6.82. The second-order valence-corrected chi connectivity index (χ2v) is 23.6. The minimum atomic E-state index is -1.97. The lowest BCUT2D eigenvalue weighted by Gasteiger charge is -2.51. The summed E-state index contributed by atoms with van der Waals surface area (Å²) in [5.74, 6) is 0. The molecule has 128 valence electrons. The van der Waals surface area contributed by atoms with Gasteiger partial charge in [0.1, 0.15) is 0 Å². The first kappa shape index (κ1) is 21.6.